The van der Waals surface area contributed by atoms with E-state index in [4.69, 9.17) is 24.1 Å². The standard InChI is InChI=1S/C19H21NO7/c1-20(13-5-7-14(8-6-13)27-11-17(21)22)19(23)12-9-15(24-2)18(26-4)16(10-12)25-3/h5-10H,11H2,1-4H3,(H,21,22). The molecule has 0 saturated heterocycles. The van der Waals surface area contributed by atoms with Gasteiger partial charge in [-0.25, -0.2) is 4.79 Å². The van der Waals surface area contributed by atoms with E-state index >= 15 is 0 Å². The van der Waals surface area contributed by atoms with Crippen LogP contribution in [0.3, 0.4) is 0 Å². The van der Waals surface area contributed by atoms with Gasteiger partial charge in [0.1, 0.15) is 5.75 Å². The number of benzene rings is 2. The van der Waals surface area contributed by atoms with Crippen LogP contribution in [0.15, 0.2) is 36.4 Å². The van der Waals surface area contributed by atoms with Gasteiger partial charge in [0.15, 0.2) is 18.1 Å². The summed E-state index contributed by atoms with van der Waals surface area (Å²) >= 11 is 0. The van der Waals surface area contributed by atoms with Crippen molar-refractivity contribution in [2.45, 2.75) is 0 Å². The van der Waals surface area contributed by atoms with E-state index in [1.54, 1.807) is 43.4 Å². The van der Waals surface area contributed by atoms with Crippen LogP contribution in [0.1, 0.15) is 10.4 Å². The van der Waals surface area contributed by atoms with Crippen LogP contribution in [0.5, 0.6) is 23.0 Å². The molecule has 8 nitrogen and oxygen atoms in total. The number of carbonyl (C=O) groups excluding carboxylic acids is 1. The first-order valence-corrected chi connectivity index (χ1v) is 7.94. The van der Waals surface area contributed by atoms with Crippen molar-refractivity contribution in [3.05, 3.63) is 42.0 Å². The van der Waals surface area contributed by atoms with Crippen LogP contribution >= 0.6 is 0 Å². The largest absolute Gasteiger partial charge is 0.493 e. The quantitative estimate of drug-likeness (QED) is 0.757. The zero-order valence-corrected chi connectivity index (χ0v) is 15.5. The summed E-state index contributed by atoms with van der Waals surface area (Å²) < 4.78 is 20.9. The lowest BCUT2D eigenvalue weighted by atomic mass is 10.1. The Morgan fingerprint density at radius 3 is 1.96 bits per heavy atom. The van der Waals surface area contributed by atoms with E-state index in [1.165, 1.54) is 26.2 Å². The highest BCUT2D eigenvalue weighted by Crippen LogP contribution is 2.38. The third-order valence-corrected chi connectivity index (χ3v) is 3.80. The Morgan fingerprint density at radius 1 is 0.963 bits per heavy atom. The van der Waals surface area contributed by atoms with Crippen LogP contribution in [0, 0.1) is 0 Å². The van der Waals surface area contributed by atoms with Gasteiger partial charge in [-0.15, -0.1) is 0 Å². The molecule has 27 heavy (non-hydrogen) atoms. The molecule has 0 aliphatic rings. The fourth-order valence-electron chi connectivity index (χ4n) is 2.43. The highest BCUT2D eigenvalue weighted by atomic mass is 16.5. The summed E-state index contributed by atoms with van der Waals surface area (Å²) in [6.07, 6.45) is 0. The predicted molar refractivity (Wildman–Crippen MR) is 98.4 cm³/mol. The minimum absolute atomic E-state index is 0.284. The molecule has 2 rings (SSSR count). The Kier molecular flexibility index (Phi) is 6.48. The number of aliphatic carboxylic acids is 1. The second-order valence-electron chi connectivity index (χ2n) is 5.45. The number of rotatable bonds is 8. The molecule has 0 aromatic heterocycles. The SMILES string of the molecule is COc1cc(C(=O)N(C)c2ccc(OCC(=O)O)cc2)cc(OC)c1OC. The number of nitrogens with zero attached hydrogens (tertiary/aromatic N) is 1. The van der Waals surface area contributed by atoms with Crippen LogP contribution in [-0.2, 0) is 4.79 Å². The Hall–Kier alpha value is -3.42. The maximum atomic E-state index is 12.8. The first-order chi connectivity index (χ1) is 12.9. The Morgan fingerprint density at radius 2 is 1.52 bits per heavy atom. The topological polar surface area (TPSA) is 94.5 Å². The molecule has 2 aromatic rings. The second-order valence-corrected chi connectivity index (χ2v) is 5.45. The maximum Gasteiger partial charge on any atom is 0.341 e. The molecule has 8 heteroatoms. The molecule has 0 bridgehead atoms. The average molecular weight is 375 g/mol. The van der Waals surface area contributed by atoms with Gasteiger partial charge in [0, 0.05) is 18.3 Å². The molecule has 1 amide bonds. The second kappa shape index (κ2) is 8.79. The molecule has 144 valence electrons. The number of carboxylic acid groups (broad SMARTS) is 1. The lowest BCUT2D eigenvalue weighted by Gasteiger charge is -2.19. The summed E-state index contributed by atoms with van der Waals surface area (Å²) in [7, 11) is 6.07. The zero-order valence-electron chi connectivity index (χ0n) is 15.5. The van der Waals surface area contributed by atoms with Gasteiger partial charge in [0.05, 0.1) is 21.3 Å². The van der Waals surface area contributed by atoms with Gasteiger partial charge in [-0.1, -0.05) is 0 Å². The first-order valence-electron chi connectivity index (χ1n) is 7.94. The summed E-state index contributed by atoms with van der Waals surface area (Å²) in [4.78, 5) is 24.8. The number of anilines is 1. The van der Waals surface area contributed by atoms with Gasteiger partial charge in [-0.05, 0) is 36.4 Å². The third-order valence-electron chi connectivity index (χ3n) is 3.80. The van der Waals surface area contributed by atoms with Crippen LogP contribution in [-0.4, -0.2) is 52.0 Å². The first kappa shape index (κ1) is 19.9. The van der Waals surface area contributed by atoms with Gasteiger partial charge in [-0.2, -0.15) is 0 Å². The van der Waals surface area contributed by atoms with E-state index in [0.29, 0.717) is 34.2 Å². The van der Waals surface area contributed by atoms with E-state index in [-0.39, 0.29) is 5.91 Å². The van der Waals surface area contributed by atoms with Crippen LogP contribution in [0.25, 0.3) is 0 Å². The van der Waals surface area contributed by atoms with Gasteiger partial charge in [-0.3, -0.25) is 4.79 Å². The number of ether oxygens (including phenoxy) is 4. The van der Waals surface area contributed by atoms with Gasteiger partial charge in [0.25, 0.3) is 5.91 Å². The predicted octanol–water partition coefficient (Wildman–Crippen LogP) is 2.45. The van der Waals surface area contributed by atoms with Crippen LogP contribution < -0.4 is 23.8 Å². The smallest absolute Gasteiger partial charge is 0.341 e. The minimum Gasteiger partial charge on any atom is -0.493 e. The van der Waals surface area contributed by atoms with Gasteiger partial charge in [0.2, 0.25) is 5.75 Å². The van der Waals surface area contributed by atoms with Crippen LogP contribution in [0.4, 0.5) is 5.69 Å². The number of hydrogen-bond donors (Lipinski definition) is 1. The molecule has 0 aliphatic heterocycles. The zero-order chi connectivity index (χ0) is 20.0. The molecule has 0 heterocycles. The molecule has 0 saturated carbocycles. The fraction of sp³-hybridized carbons (Fsp3) is 0.263. The average Bonchev–Trinajstić information content (AvgIpc) is 2.70. The maximum absolute atomic E-state index is 12.8. The summed E-state index contributed by atoms with van der Waals surface area (Å²) in [5, 5.41) is 8.63. The van der Waals surface area contributed by atoms with E-state index in [2.05, 4.69) is 0 Å². The molecule has 0 spiro atoms. The number of amides is 1. The van der Waals surface area contributed by atoms with E-state index in [0.717, 1.165) is 0 Å². The van der Waals surface area contributed by atoms with Crippen LogP contribution in [0.2, 0.25) is 0 Å². The van der Waals surface area contributed by atoms with Crippen molar-refractivity contribution in [1.82, 2.24) is 0 Å². The minimum atomic E-state index is -1.06. The molecule has 0 unspecified atom stereocenters. The summed E-state index contributed by atoms with van der Waals surface area (Å²) in [6.45, 7) is -0.431. The number of carboxylic acids is 1. The lowest BCUT2D eigenvalue weighted by Crippen LogP contribution is -2.26. The van der Waals surface area contributed by atoms with Crippen molar-refractivity contribution in [2.75, 3.05) is 39.9 Å². The van der Waals surface area contributed by atoms with Crippen molar-refractivity contribution in [1.29, 1.82) is 0 Å². The van der Waals surface area contributed by atoms with Crippen molar-refractivity contribution in [3.8, 4) is 23.0 Å². The number of methoxy groups -OCH3 is 3. The summed E-state index contributed by atoms with van der Waals surface area (Å²) in [5.41, 5.74) is 0.967. The molecule has 0 fully saturated rings. The molecular weight excluding hydrogens is 354 g/mol. The summed E-state index contributed by atoms with van der Waals surface area (Å²) in [6, 6.07) is 9.66. The number of carbonyl (C=O) groups is 2. The van der Waals surface area contributed by atoms with Gasteiger partial charge >= 0.3 is 5.97 Å². The van der Waals surface area contributed by atoms with Crippen molar-refractivity contribution in [2.24, 2.45) is 0 Å². The van der Waals surface area contributed by atoms with Crippen molar-refractivity contribution >= 4 is 17.6 Å². The highest BCUT2D eigenvalue weighted by molar-refractivity contribution is 6.06. The Labute approximate surface area is 156 Å². The molecule has 2 aromatic carbocycles. The lowest BCUT2D eigenvalue weighted by molar-refractivity contribution is -0.139. The fourth-order valence-corrected chi connectivity index (χ4v) is 2.43. The molecule has 0 radical (unpaired) electrons. The van der Waals surface area contributed by atoms with Crippen molar-refractivity contribution in [3.63, 3.8) is 0 Å². The highest BCUT2D eigenvalue weighted by Gasteiger charge is 2.20. The van der Waals surface area contributed by atoms with Gasteiger partial charge < -0.3 is 29.0 Å². The molecular formula is C19H21NO7. The summed E-state index contributed by atoms with van der Waals surface area (Å²) in [5.74, 6) is 0.216. The normalized spacial score (nSPS) is 10.1. The van der Waals surface area contributed by atoms with E-state index in [9.17, 15) is 9.59 Å². The Bertz CT molecular complexity index is 792. The molecule has 0 atom stereocenters. The number of hydrogen-bond acceptors (Lipinski definition) is 6. The van der Waals surface area contributed by atoms with Crippen molar-refractivity contribution < 1.29 is 33.6 Å². The Balaban J connectivity index is 2.25. The monoisotopic (exact) mass is 375 g/mol. The van der Waals surface area contributed by atoms with E-state index in [1.807, 2.05) is 0 Å². The molecule has 1 N–H and O–H groups in total. The third kappa shape index (κ3) is 4.60. The molecule has 0 aliphatic carbocycles. The van der Waals surface area contributed by atoms with E-state index < -0.39 is 12.6 Å².